The van der Waals surface area contributed by atoms with E-state index in [1.807, 2.05) is 24.3 Å². The zero-order valence-electron chi connectivity index (χ0n) is 19.2. The zero-order valence-corrected chi connectivity index (χ0v) is 20.8. The molecule has 0 fully saturated rings. The van der Waals surface area contributed by atoms with Crippen molar-refractivity contribution in [1.82, 2.24) is 15.0 Å². The summed E-state index contributed by atoms with van der Waals surface area (Å²) in [7, 11) is 0. The number of hydrogen-bond donors (Lipinski definition) is 3. The normalized spacial score (nSPS) is 11.0. The van der Waals surface area contributed by atoms with E-state index < -0.39 is 40.8 Å². The van der Waals surface area contributed by atoms with Crippen LogP contribution in [0.4, 0.5) is 33.8 Å². The SMILES string of the molecule is NCCOCCOCCNc1nc(NCc2ccc(Br)cc2)nc(Oc2c(F)c(F)c(F)c(F)c2F)n1. The van der Waals surface area contributed by atoms with Gasteiger partial charge >= 0.3 is 6.01 Å². The van der Waals surface area contributed by atoms with Crippen molar-refractivity contribution in [2.45, 2.75) is 6.54 Å². The highest BCUT2D eigenvalue weighted by molar-refractivity contribution is 9.10. The Labute approximate surface area is 216 Å². The van der Waals surface area contributed by atoms with Crippen LogP contribution in [-0.2, 0) is 16.0 Å². The standard InChI is InChI=1S/C22H22BrF5N6O3/c23-13-3-1-12(2-4-13)11-31-21-32-20(30-6-8-36-10-9-35-7-5-29)33-22(34-21)37-19-17(27)15(25)14(24)16(26)18(19)28/h1-4H,5-11,29H2,(H2,30,31,32,33,34). The Morgan fingerprint density at radius 2 is 1.30 bits per heavy atom. The molecule has 200 valence electrons. The van der Waals surface area contributed by atoms with Crippen LogP contribution in [0, 0.1) is 29.1 Å². The number of nitrogens with two attached hydrogens (primary N) is 1. The highest BCUT2D eigenvalue weighted by atomic mass is 79.9. The molecule has 1 aromatic heterocycles. The maximum Gasteiger partial charge on any atom is 0.328 e. The molecule has 0 spiro atoms. The summed E-state index contributed by atoms with van der Waals surface area (Å²) in [5.41, 5.74) is 6.16. The number of nitrogens with one attached hydrogen (secondary N) is 2. The van der Waals surface area contributed by atoms with Crippen LogP contribution in [0.3, 0.4) is 0 Å². The molecule has 3 aromatic rings. The molecule has 0 saturated carbocycles. The molecule has 1 heterocycles. The topological polar surface area (TPSA) is 116 Å². The number of hydrogen-bond acceptors (Lipinski definition) is 9. The van der Waals surface area contributed by atoms with Gasteiger partial charge in [0, 0.05) is 24.1 Å². The van der Waals surface area contributed by atoms with Crippen LogP contribution < -0.4 is 21.1 Å². The Morgan fingerprint density at radius 1 is 0.730 bits per heavy atom. The number of benzene rings is 2. The van der Waals surface area contributed by atoms with Gasteiger partial charge in [0.15, 0.2) is 0 Å². The second-order valence-corrected chi connectivity index (χ2v) is 8.10. The molecule has 0 aliphatic rings. The Hall–Kier alpha value is -3.14. The van der Waals surface area contributed by atoms with Crippen LogP contribution in [0.15, 0.2) is 28.7 Å². The summed E-state index contributed by atoms with van der Waals surface area (Å²) in [4.78, 5) is 11.9. The maximum absolute atomic E-state index is 14.1. The fraction of sp³-hybridized carbons (Fsp3) is 0.318. The fourth-order valence-electron chi connectivity index (χ4n) is 2.75. The lowest BCUT2D eigenvalue weighted by molar-refractivity contribution is 0.0547. The molecular formula is C22H22BrF5N6O3. The number of aromatic nitrogens is 3. The van der Waals surface area contributed by atoms with Crippen LogP contribution in [0.1, 0.15) is 5.56 Å². The molecule has 0 aliphatic carbocycles. The summed E-state index contributed by atoms with van der Waals surface area (Å²) < 4.78 is 85.1. The van der Waals surface area contributed by atoms with Gasteiger partial charge in [0.2, 0.25) is 46.7 Å². The number of rotatable bonds is 14. The second-order valence-electron chi connectivity index (χ2n) is 7.19. The van der Waals surface area contributed by atoms with Gasteiger partial charge in [-0.25, -0.2) is 13.2 Å². The molecule has 0 saturated heterocycles. The molecule has 0 aliphatic heterocycles. The third kappa shape index (κ3) is 8.18. The van der Waals surface area contributed by atoms with Gasteiger partial charge < -0.3 is 30.6 Å². The molecule has 37 heavy (non-hydrogen) atoms. The van der Waals surface area contributed by atoms with Crippen molar-refractivity contribution in [3.8, 4) is 11.8 Å². The largest absolute Gasteiger partial charge is 0.418 e. The number of ether oxygens (including phenoxy) is 3. The molecule has 0 bridgehead atoms. The van der Waals surface area contributed by atoms with E-state index in [0.29, 0.717) is 26.4 Å². The first-order valence-corrected chi connectivity index (χ1v) is 11.6. The molecule has 0 atom stereocenters. The van der Waals surface area contributed by atoms with Gasteiger partial charge in [-0.05, 0) is 17.7 Å². The molecule has 4 N–H and O–H groups in total. The van der Waals surface area contributed by atoms with E-state index in [1.54, 1.807) is 0 Å². The first-order chi connectivity index (χ1) is 17.8. The van der Waals surface area contributed by atoms with E-state index in [0.717, 1.165) is 10.0 Å². The summed E-state index contributed by atoms with van der Waals surface area (Å²) in [6, 6.07) is 6.55. The van der Waals surface area contributed by atoms with Crippen molar-refractivity contribution in [2.24, 2.45) is 5.73 Å². The summed E-state index contributed by atoms with van der Waals surface area (Å²) in [6.07, 6.45) is 0. The minimum atomic E-state index is -2.31. The predicted octanol–water partition coefficient (Wildman–Crippen LogP) is 4.14. The minimum absolute atomic E-state index is 0.0876. The average Bonchev–Trinajstić information content (AvgIpc) is 2.90. The lowest BCUT2D eigenvalue weighted by atomic mass is 10.2. The van der Waals surface area contributed by atoms with Crippen LogP contribution >= 0.6 is 15.9 Å². The third-order valence-electron chi connectivity index (χ3n) is 4.51. The molecule has 0 unspecified atom stereocenters. The van der Waals surface area contributed by atoms with Gasteiger partial charge in [-0.15, -0.1) is 0 Å². The van der Waals surface area contributed by atoms with Crippen LogP contribution in [0.5, 0.6) is 11.8 Å². The van der Waals surface area contributed by atoms with Gasteiger partial charge in [-0.1, -0.05) is 28.1 Å². The Morgan fingerprint density at radius 3 is 1.92 bits per heavy atom. The van der Waals surface area contributed by atoms with Crippen LogP contribution in [0.2, 0.25) is 0 Å². The van der Waals surface area contributed by atoms with Crippen molar-refractivity contribution in [1.29, 1.82) is 0 Å². The third-order valence-corrected chi connectivity index (χ3v) is 5.03. The van der Waals surface area contributed by atoms with E-state index >= 15 is 0 Å². The lowest BCUT2D eigenvalue weighted by Gasteiger charge is -2.12. The Balaban J connectivity index is 1.75. The van der Waals surface area contributed by atoms with Crippen LogP contribution in [0.25, 0.3) is 0 Å². The van der Waals surface area contributed by atoms with E-state index in [2.05, 4.69) is 41.5 Å². The highest BCUT2D eigenvalue weighted by Crippen LogP contribution is 2.32. The van der Waals surface area contributed by atoms with Crippen LogP contribution in [-0.4, -0.2) is 54.5 Å². The quantitative estimate of drug-likeness (QED) is 0.110. The number of nitrogens with zero attached hydrogens (tertiary/aromatic N) is 3. The summed E-state index contributed by atoms with van der Waals surface area (Å²) in [5.74, 6) is -12.7. The minimum Gasteiger partial charge on any atom is -0.418 e. The maximum atomic E-state index is 14.1. The van der Waals surface area contributed by atoms with Gasteiger partial charge in [0.25, 0.3) is 0 Å². The van der Waals surface area contributed by atoms with E-state index in [-0.39, 0.29) is 31.6 Å². The van der Waals surface area contributed by atoms with Gasteiger partial charge in [-0.2, -0.15) is 23.7 Å². The van der Waals surface area contributed by atoms with Crippen molar-refractivity contribution >= 4 is 27.8 Å². The second kappa shape index (κ2) is 14.0. The fourth-order valence-corrected chi connectivity index (χ4v) is 3.01. The molecule has 2 aromatic carbocycles. The monoisotopic (exact) mass is 592 g/mol. The highest BCUT2D eigenvalue weighted by Gasteiger charge is 2.28. The van der Waals surface area contributed by atoms with E-state index in [9.17, 15) is 22.0 Å². The molecule has 0 amide bonds. The first-order valence-electron chi connectivity index (χ1n) is 10.8. The van der Waals surface area contributed by atoms with E-state index in [1.165, 1.54) is 0 Å². The van der Waals surface area contributed by atoms with Crippen molar-refractivity contribution < 1.29 is 36.2 Å². The van der Waals surface area contributed by atoms with Gasteiger partial charge in [0.05, 0.1) is 26.4 Å². The number of halogens is 6. The first kappa shape index (κ1) is 28.4. The average molecular weight is 593 g/mol. The molecule has 3 rings (SSSR count). The number of anilines is 2. The van der Waals surface area contributed by atoms with Crippen molar-refractivity contribution in [3.63, 3.8) is 0 Å². The van der Waals surface area contributed by atoms with Gasteiger partial charge in [-0.3, -0.25) is 0 Å². The lowest BCUT2D eigenvalue weighted by Crippen LogP contribution is -2.16. The Kier molecular flexibility index (Phi) is 10.7. The summed E-state index contributed by atoms with van der Waals surface area (Å²) >= 11 is 3.33. The summed E-state index contributed by atoms with van der Waals surface area (Å²) in [5, 5.41) is 5.70. The van der Waals surface area contributed by atoms with Crippen molar-refractivity contribution in [3.05, 3.63) is 63.4 Å². The van der Waals surface area contributed by atoms with Crippen molar-refractivity contribution in [2.75, 3.05) is 50.2 Å². The molecule has 0 radical (unpaired) electrons. The Bertz CT molecular complexity index is 1160. The zero-order chi connectivity index (χ0) is 26.8. The summed E-state index contributed by atoms with van der Waals surface area (Å²) in [6.45, 7) is 2.14. The van der Waals surface area contributed by atoms with Gasteiger partial charge in [0.1, 0.15) is 0 Å². The predicted molar refractivity (Wildman–Crippen MR) is 127 cm³/mol. The van der Waals surface area contributed by atoms with E-state index in [4.69, 9.17) is 19.9 Å². The molecule has 15 heteroatoms. The molecular weight excluding hydrogens is 571 g/mol. The smallest absolute Gasteiger partial charge is 0.328 e. The molecule has 9 nitrogen and oxygen atoms in total.